The molecule has 1 aromatic rings. The Labute approximate surface area is 98.8 Å². The second kappa shape index (κ2) is 4.71. The average Bonchev–Trinajstić information content (AvgIpc) is 2.96. The van der Waals surface area contributed by atoms with Crippen molar-refractivity contribution in [3.8, 4) is 0 Å². The molecule has 2 N–H and O–H groups in total. The first-order chi connectivity index (χ1) is 8.13. The van der Waals surface area contributed by atoms with Crippen LogP contribution in [-0.2, 0) is 4.74 Å². The maximum atomic E-state index is 12.2. The van der Waals surface area contributed by atoms with Crippen molar-refractivity contribution in [2.45, 2.75) is 25.9 Å². The minimum absolute atomic E-state index is 0.0295. The minimum atomic E-state index is -1.06. The van der Waals surface area contributed by atoms with Gasteiger partial charge in [0.05, 0.1) is 12.0 Å². The van der Waals surface area contributed by atoms with E-state index < -0.39 is 5.97 Å². The Hall–Kier alpha value is -1.62. The molecular weight excluding hydrogens is 222 g/mol. The van der Waals surface area contributed by atoms with Crippen LogP contribution >= 0.6 is 0 Å². The molecule has 5 nitrogen and oxygen atoms in total. The van der Waals surface area contributed by atoms with Gasteiger partial charge in [0.25, 0.3) is 0 Å². The third kappa shape index (κ3) is 2.24. The molecule has 1 aromatic heterocycles. The SMILES string of the molecule is CCC1OCCC1C(=O)c1c[nH]c(C(=O)O)c1. The smallest absolute Gasteiger partial charge is 0.352 e. The van der Waals surface area contributed by atoms with E-state index in [0.717, 1.165) is 6.42 Å². The molecule has 92 valence electrons. The molecule has 2 heterocycles. The number of ether oxygens (including phenoxy) is 1. The molecule has 0 aromatic carbocycles. The van der Waals surface area contributed by atoms with Gasteiger partial charge < -0.3 is 14.8 Å². The molecule has 0 bridgehead atoms. The fraction of sp³-hybridized carbons (Fsp3) is 0.500. The van der Waals surface area contributed by atoms with E-state index in [1.807, 2.05) is 6.92 Å². The number of aromatic carboxylic acids is 1. The summed E-state index contributed by atoms with van der Waals surface area (Å²) in [5, 5.41) is 8.78. The van der Waals surface area contributed by atoms with Gasteiger partial charge in [-0.3, -0.25) is 4.79 Å². The number of H-pyrrole nitrogens is 1. The Kier molecular flexibility index (Phi) is 3.28. The molecule has 0 aliphatic carbocycles. The van der Waals surface area contributed by atoms with Crippen LogP contribution in [0.5, 0.6) is 0 Å². The normalized spacial score (nSPS) is 23.8. The van der Waals surface area contributed by atoms with E-state index in [4.69, 9.17) is 9.84 Å². The zero-order chi connectivity index (χ0) is 12.4. The molecule has 0 spiro atoms. The first-order valence-corrected chi connectivity index (χ1v) is 5.71. The van der Waals surface area contributed by atoms with Crippen LogP contribution < -0.4 is 0 Å². The second-order valence-electron chi connectivity index (χ2n) is 4.18. The van der Waals surface area contributed by atoms with E-state index in [1.165, 1.54) is 12.3 Å². The zero-order valence-corrected chi connectivity index (χ0v) is 9.60. The van der Waals surface area contributed by atoms with Gasteiger partial charge in [0.2, 0.25) is 0 Å². The first-order valence-electron chi connectivity index (χ1n) is 5.71. The number of rotatable bonds is 4. The fourth-order valence-corrected chi connectivity index (χ4v) is 2.22. The van der Waals surface area contributed by atoms with E-state index in [-0.39, 0.29) is 23.5 Å². The number of nitrogens with one attached hydrogen (secondary N) is 1. The topological polar surface area (TPSA) is 79.4 Å². The van der Waals surface area contributed by atoms with Gasteiger partial charge >= 0.3 is 5.97 Å². The zero-order valence-electron chi connectivity index (χ0n) is 9.60. The van der Waals surface area contributed by atoms with Gasteiger partial charge in [0, 0.05) is 18.4 Å². The molecule has 2 atom stereocenters. The third-order valence-corrected chi connectivity index (χ3v) is 3.15. The summed E-state index contributed by atoms with van der Waals surface area (Å²) in [5.41, 5.74) is 0.469. The molecule has 1 fully saturated rings. The number of hydrogen-bond acceptors (Lipinski definition) is 3. The number of Topliss-reactive ketones (excluding diaryl/α,β-unsaturated/α-hetero) is 1. The number of hydrogen-bond donors (Lipinski definition) is 2. The third-order valence-electron chi connectivity index (χ3n) is 3.15. The second-order valence-corrected chi connectivity index (χ2v) is 4.18. The van der Waals surface area contributed by atoms with Crippen LogP contribution in [0.15, 0.2) is 12.3 Å². The van der Waals surface area contributed by atoms with Gasteiger partial charge in [-0.1, -0.05) is 6.92 Å². The maximum Gasteiger partial charge on any atom is 0.352 e. The van der Waals surface area contributed by atoms with Gasteiger partial charge in [0.1, 0.15) is 5.69 Å². The van der Waals surface area contributed by atoms with E-state index >= 15 is 0 Å². The number of carboxylic acid groups (broad SMARTS) is 1. The standard InChI is InChI=1S/C12H15NO4/c1-2-10-8(3-4-17-10)11(14)7-5-9(12(15)16)13-6-7/h5-6,8,10,13H,2-4H2,1H3,(H,15,16). The predicted octanol–water partition coefficient (Wildman–Crippen LogP) is 1.71. The van der Waals surface area contributed by atoms with E-state index in [2.05, 4.69) is 4.98 Å². The molecule has 1 aliphatic heterocycles. The summed E-state index contributed by atoms with van der Waals surface area (Å²) in [4.78, 5) is 25.5. The Morgan fingerprint density at radius 3 is 2.94 bits per heavy atom. The first kappa shape index (κ1) is 11.9. The molecule has 0 saturated carbocycles. The quantitative estimate of drug-likeness (QED) is 0.781. The van der Waals surface area contributed by atoms with Crippen molar-refractivity contribution < 1.29 is 19.4 Å². The van der Waals surface area contributed by atoms with Crippen LogP contribution in [0.25, 0.3) is 0 Å². The molecule has 2 unspecified atom stereocenters. The molecule has 0 amide bonds. The van der Waals surface area contributed by atoms with Gasteiger partial charge in [0.15, 0.2) is 5.78 Å². The summed E-state index contributed by atoms with van der Waals surface area (Å²) in [7, 11) is 0. The number of carbonyl (C=O) groups is 2. The lowest BCUT2D eigenvalue weighted by Crippen LogP contribution is -2.23. The van der Waals surface area contributed by atoms with Gasteiger partial charge in [-0.25, -0.2) is 4.79 Å². The molecule has 0 radical (unpaired) electrons. The maximum absolute atomic E-state index is 12.2. The molecule has 1 saturated heterocycles. The van der Waals surface area contributed by atoms with Crippen LogP contribution in [0.2, 0.25) is 0 Å². The number of ketones is 1. The number of carboxylic acids is 1. The summed E-state index contributed by atoms with van der Waals surface area (Å²) in [6.07, 6.45) is 2.93. The van der Waals surface area contributed by atoms with Crippen LogP contribution in [0.1, 0.15) is 40.6 Å². The number of aromatic nitrogens is 1. The summed E-state index contributed by atoms with van der Waals surface area (Å²) < 4.78 is 5.46. The van der Waals surface area contributed by atoms with Crippen molar-refractivity contribution in [3.05, 3.63) is 23.5 Å². The highest BCUT2D eigenvalue weighted by molar-refractivity contribution is 6.00. The van der Waals surface area contributed by atoms with Crippen LogP contribution in [0.4, 0.5) is 0 Å². The number of carbonyl (C=O) groups excluding carboxylic acids is 1. The minimum Gasteiger partial charge on any atom is -0.477 e. The van der Waals surface area contributed by atoms with E-state index in [0.29, 0.717) is 18.6 Å². The van der Waals surface area contributed by atoms with Crippen LogP contribution in [-0.4, -0.2) is 34.6 Å². The van der Waals surface area contributed by atoms with Gasteiger partial charge in [-0.15, -0.1) is 0 Å². The Balaban J connectivity index is 2.16. The molecule has 17 heavy (non-hydrogen) atoms. The average molecular weight is 237 g/mol. The van der Waals surface area contributed by atoms with E-state index in [1.54, 1.807) is 0 Å². The van der Waals surface area contributed by atoms with E-state index in [9.17, 15) is 9.59 Å². The largest absolute Gasteiger partial charge is 0.477 e. The summed E-state index contributed by atoms with van der Waals surface area (Å²) in [5.74, 6) is -1.23. The monoisotopic (exact) mass is 237 g/mol. The van der Waals surface area contributed by atoms with Gasteiger partial charge in [-0.05, 0) is 18.9 Å². The molecule has 5 heteroatoms. The highest BCUT2D eigenvalue weighted by Crippen LogP contribution is 2.27. The van der Waals surface area contributed by atoms with Crippen LogP contribution in [0.3, 0.4) is 0 Å². The van der Waals surface area contributed by atoms with Crippen molar-refractivity contribution >= 4 is 11.8 Å². The summed E-state index contributed by atoms with van der Waals surface area (Å²) in [6, 6.07) is 1.38. The Morgan fingerprint density at radius 1 is 1.59 bits per heavy atom. The van der Waals surface area contributed by atoms with Crippen LogP contribution in [0, 0.1) is 5.92 Å². The fourth-order valence-electron chi connectivity index (χ4n) is 2.22. The van der Waals surface area contributed by atoms with Crippen molar-refractivity contribution in [3.63, 3.8) is 0 Å². The highest BCUT2D eigenvalue weighted by atomic mass is 16.5. The van der Waals surface area contributed by atoms with Crippen molar-refractivity contribution in [2.24, 2.45) is 5.92 Å². The Bertz CT molecular complexity index is 437. The molecule has 2 rings (SSSR count). The van der Waals surface area contributed by atoms with Crippen molar-refractivity contribution in [1.82, 2.24) is 4.98 Å². The highest BCUT2D eigenvalue weighted by Gasteiger charge is 2.33. The lowest BCUT2D eigenvalue weighted by atomic mass is 9.91. The van der Waals surface area contributed by atoms with Crippen molar-refractivity contribution in [2.75, 3.05) is 6.61 Å². The summed E-state index contributed by atoms with van der Waals surface area (Å²) >= 11 is 0. The number of aromatic amines is 1. The predicted molar refractivity (Wildman–Crippen MR) is 60.2 cm³/mol. The lowest BCUT2D eigenvalue weighted by Gasteiger charge is -2.14. The van der Waals surface area contributed by atoms with Crippen molar-refractivity contribution in [1.29, 1.82) is 0 Å². The van der Waals surface area contributed by atoms with Gasteiger partial charge in [-0.2, -0.15) is 0 Å². The Morgan fingerprint density at radius 2 is 2.35 bits per heavy atom. The molecular formula is C12H15NO4. The molecule has 1 aliphatic rings. The lowest BCUT2D eigenvalue weighted by molar-refractivity contribution is 0.0685. The summed E-state index contributed by atoms with van der Waals surface area (Å²) in [6.45, 7) is 2.58.